The zero-order valence-electron chi connectivity index (χ0n) is 34.3. The molecular weight excluding hydrogens is 687 g/mol. The molecule has 7 aromatic rings. The number of hydrogen-bond acceptors (Lipinski definition) is 1. The molecule has 0 amide bonds. The summed E-state index contributed by atoms with van der Waals surface area (Å²) >= 11 is 0. The molecule has 7 aromatic carbocycles. The maximum Gasteiger partial charge on any atom is 0.0467 e. The number of anilines is 3. The SMILES string of the molecule is CCC.Cc1ccccc1-c1c(C)cccc1-c1ccc(N(c2ccccc2)c2cccc(-c3ccc4c(c3)-c3ccc(C5=CCCC=C5)cc3C4(C)C)c2)cc1. The van der Waals surface area contributed by atoms with Crippen LogP contribution in [0.15, 0.2) is 176 Å². The molecule has 9 rings (SSSR count). The summed E-state index contributed by atoms with van der Waals surface area (Å²) in [6, 6.07) is 58.3. The van der Waals surface area contributed by atoms with Gasteiger partial charge in [-0.25, -0.2) is 0 Å². The maximum absolute atomic E-state index is 2.43. The van der Waals surface area contributed by atoms with Crippen LogP contribution in [0, 0.1) is 13.8 Å². The Bertz CT molecular complexity index is 2600. The fourth-order valence-corrected chi connectivity index (χ4v) is 8.70. The summed E-state index contributed by atoms with van der Waals surface area (Å²) in [5.74, 6) is 0. The smallest absolute Gasteiger partial charge is 0.0467 e. The van der Waals surface area contributed by atoms with Gasteiger partial charge in [0.05, 0.1) is 0 Å². The van der Waals surface area contributed by atoms with E-state index in [9.17, 15) is 0 Å². The van der Waals surface area contributed by atoms with Gasteiger partial charge >= 0.3 is 0 Å². The van der Waals surface area contributed by atoms with Crippen molar-refractivity contribution in [3.63, 3.8) is 0 Å². The lowest BCUT2D eigenvalue weighted by Gasteiger charge is -2.26. The number of allylic oxidation sites excluding steroid dienone is 4. The van der Waals surface area contributed by atoms with Crippen LogP contribution in [0.5, 0.6) is 0 Å². The van der Waals surface area contributed by atoms with Gasteiger partial charge in [-0.15, -0.1) is 0 Å². The van der Waals surface area contributed by atoms with E-state index in [1.165, 1.54) is 84.3 Å². The van der Waals surface area contributed by atoms with Gasteiger partial charge in [0.15, 0.2) is 0 Å². The minimum absolute atomic E-state index is 0.0601. The number of para-hydroxylation sites is 1. The largest absolute Gasteiger partial charge is 0.310 e. The van der Waals surface area contributed by atoms with E-state index < -0.39 is 0 Å². The van der Waals surface area contributed by atoms with Gasteiger partial charge in [0.1, 0.15) is 0 Å². The predicted molar refractivity (Wildman–Crippen MR) is 247 cm³/mol. The summed E-state index contributed by atoms with van der Waals surface area (Å²) in [4.78, 5) is 2.37. The van der Waals surface area contributed by atoms with Crippen molar-refractivity contribution >= 4 is 22.6 Å². The van der Waals surface area contributed by atoms with Gasteiger partial charge in [0.2, 0.25) is 0 Å². The molecule has 2 aliphatic carbocycles. The number of rotatable bonds is 7. The molecule has 0 aliphatic heterocycles. The second kappa shape index (κ2) is 16.1. The monoisotopic (exact) mass is 739 g/mol. The lowest BCUT2D eigenvalue weighted by atomic mass is 9.81. The van der Waals surface area contributed by atoms with Crippen molar-refractivity contribution in [2.24, 2.45) is 0 Å². The number of benzene rings is 7. The highest BCUT2D eigenvalue weighted by Gasteiger charge is 2.36. The molecule has 0 unspecified atom stereocenters. The molecule has 1 heteroatoms. The van der Waals surface area contributed by atoms with Gasteiger partial charge in [0.25, 0.3) is 0 Å². The summed E-state index contributed by atoms with van der Waals surface area (Å²) in [6.07, 6.45) is 10.5. The van der Waals surface area contributed by atoms with Crippen LogP contribution in [0.2, 0.25) is 0 Å². The first-order valence-corrected chi connectivity index (χ1v) is 20.7. The molecular formula is C56H53N. The molecule has 1 nitrogen and oxygen atoms in total. The zero-order chi connectivity index (χ0) is 39.5. The van der Waals surface area contributed by atoms with Crippen LogP contribution < -0.4 is 4.90 Å². The number of aryl methyl sites for hydroxylation is 2. The second-order valence-corrected chi connectivity index (χ2v) is 16.1. The Hall–Kier alpha value is -6.18. The van der Waals surface area contributed by atoms with Crippen LogP contribution in [-0.2, 0) is 5.41 Å². The van der Waals surface area contributed by atoms with E-state index in [1.54, 1.807) is 0 Å². The van der Waals surface area contributed by atoms with Crippen molar-refractivity contribution in [2.75, 3.05) is 4.90 Å². The van der Waals surface area contributed by atoms with Crippen molar-refractivity contribution in [2.45, 2.75) is 66.2 Å². The summed E-state index contributed by atoms with van der Waals surface area (Å²) in [6.45, 7) is 13.4. The van der Waals surface area contributed by atoms with Crippen molar-refractivity contribution in [3.05, 3.63) is 204 Å². The highest BCUT2D eigenvalue weighted by molar-refractivity contribution is 5.90. The zero-order valence-corrected chi connectivity index (χ0v) is 34.3. The first-order chi connectivity index (χ1) is 27.8. The van der Waals surface area contributed by atoms with Gasteiger partial charge in [0, 0.05) is 22.5 Å². The van der Waals surface area contributed by atoms with Gasteiger partial charge in [-0.05, 0) is 153 Å². The number of fused-ring (bicyclic) bond motifs is 3. The summed E-state index contributed by atoms with van der Waals surface area (Å²) in [7, 11) is 0. The molecule has 0 radical (unpaired) electrons. The predicted octanol–water partition coefficient (Wildman–Crippen LogP) is 16.2. The van der Waals surface area contributed by atoms with E-state index in [-0.39, 0.29) is 5.41 Å². The average molecular weight is 740 g/mol. The third-order valence-corrected chi connectivity index (χ3v) is 11.6. The molecule has 0 spiro atoms. The third-order valence-electron chi connectivity index (χ3n) is 11.6. The van der Waals surface area contributed by atoms with Crippen LogP contribution in [0.25, 0.3) is 50.1 Å². The van der Waals surface area contributed by atoms with E-state index in [0.29, 0.717) is 0 Å². The van der Waals surface area contributed by atoms with Crippen LogP contribution >= 0.6 is 0 Å². The van der Waals surface area contributed by atoms with Crippen molar-refractivity contribution in [1.82, 2.24) is 0 Å². The van der Waals surface area contributed by atoms with Crippen LogP contribution in [-0.4, -0.2) is 0 Å². The van der Waals surface area contributed by atoms with Gasteiger partial charge < -0.3 is 4.90 Å². The minimum Gasteiger partial charge on any atom is -0.310 e. The van der Waals surface area contributed by atoms with E-state index in [1.807, 2.05) is 0 Å². The lowest BCUT2D eigenvalue weighted by molar-refractivity contribution is 0.660. The first-order valence-electron chi connectivity index (χ1n) is 20.7. The first kappa shape index (κ1) is 37.7. The van der Waals surface area contributed by atoms with Crippen molar-refractivity contribution in [1.29, 1.82) is 0 Å². The van der Waals surface area contributed by atoms with E-state index in [0.717, 1.165) is 29.9 Å². The Morgan fingerprint density at radius 3 is 1.86 bits per heavy atom. The standard InChI is InChI=1S/C53H45N.C3H8/c1-36-15-11-12-23-46(36)52-37(2)16-13-24-47(52)39-25-29-44(30-26-39)54(43-20-9-6-10-21-43)45-22-14-19-40(33-45)41-28-32-50-49(34-41)48-31-27-42(35-51(48)53(50,3)4)38-17-7-5-8-18-38;1-3-2/h6-7,9-35H,5,8H2,1-4H3;3H2,1-2H3. The molecule has 57 heavy (non-hydrogen) atoms. The van der Waals surface area contributed by atoms with Crippen LogP contribution in [0.1, 0.15) is 74.8 Å². The molecule has 282 valence electrons. The fraction of sp³-hybridized carbons (Fsp3) is 0.179. The third kappa shape index (κ3) is 7.31. The molecule has 0 atom stereocenters. The Balaban J connectivity index is 0.00000147. The summed E-state index contributed by atoms with van der Waals surface area (Å²) in [5, 5.41) is 0. The minimum atomic E-state index is -0.0601. The number of hydrogen-bond donors (Lipinski definition) is 0. The fourth-order valence-electron chi connectivity index (χ4n) is 8.70. The maximum atomic E-state index is 2.43. The number of nitrogens with zero attached hydrogens (tertiary/aromatic N) is 1. The Kier molecular flexibility index (Phi) is 10.7. The molecule has 0 aromatic heterocycles. The molecule has 2 aliphatic rings. The summed E-state index contributed by atoms with van der Waals surface area (Å²) in [5.41, 5.74) is 21.5. The molecule has 0 N–H and O–H groups in total. The van der Waals surface area contributed by atoms with E-state index in [2.05, 4.69) is 222 Å². The van der Waals surface area contributed by atoms with Crippen molar-refractivity contribution in [3.8, 4) is 44.5 Å². The quantitative estimate of drug-likeness (QED) is 0.157. The molecule has 0 saturated carbocycles. The Labute approximate surface area is 340 Å². The summed E-state index contributed by atoms with van der Waals surface area (Å²) < 4.78 is 0. The van der Waals surface area contributed by atoms with Gasteiger partial charge in [-0.2, -0.15) is 0 Å². The molecule has 0 heterocycles. The highest BCUT2D eigenvalue weighted by Crippen LogP contribution is 2.51. The lowest BCUT2D eigenvalue weighted by Crippen LogP contribution is -2.15. The molecule has 0 saturated heterocycles. The highest BCUT2D eigenvalue weighted by atomic mass is 15.1. The van der Waals surface area contributed by atoms with Crippen LogP contribution in [0.3, 0.4) is 0 Å². The van der Waals surface area contributed by atoms with Crippen molar-refractivity contribution < 1.29 is 0 Å². The van der Waals surface area contributed by atoms with E-state index in [4.69, 9.17) is 0 Å². The van der Waals surface area contributed by atoms with Crippen LogP contribution in [0.4, 0.5) is 17.1 Å². The van der Waals surface area contributed by atoms with Gasteiger partial charge in [-0.1, -0.05) is 162 Å². The molecule has 0 fully saturated rings. The Morgan fingerprint density at radius 1 is 0.474 bits per heavy atom. The average Bonchev–Trinajstić information content (AvgIpc) is 3.47. The second-order valence-electron chi connectivity index (χ2n) is 16.1. The van der Waals surface area contributed by atoms with E-state index >= 15 is 0 Å². The normalized spacial score (nSPS) is 13.5. The van der Waals surface area contributed by atoms with Gasteiger partial charge in [-0.3, -0.25) is 0 Å². The Morgan fingerprint density at radius 2 is 1.11 bits per heavy atom. The topological polar surface area (TPSA) is 3.24 Å². The molecule has 0 bridgehead atoms.